The van der Waals surface area contributed by atoms with Gasteiger partial charge in [-0.05, 0) is 30.5 Å². The first kappa shape index (κ1) is 18.4. The third kappa shape index (κ3) is 4.07. The van der Waals surface area contributed by atoms with Crippen molar-refractivity contribution in [2.24, 2.45) is 0 Å². The van der Waals surface area contributed by atoms with E-state index in [9.17, 15) is 22.8 Å². The van der Waals surface area contributed by atoms with Crippen LogP contribution in [0.4, 0.5) is 13.2 Å². The van der Waals surface area contributed by atoms with Gasteiger partial charge in [0.05, 0.1) is 6.54 Å². The van der Waals surface area contributed by atoms with E-state index in [4.69, 9.17) is 0 Å². The number of hydrogen-bond donors (Lipinski definition) is 1. The Morgan fingerprint density at radius 3 is 2.58 bits per heavy atom. The lowest BCUT2D eigenvalue weighted by atomic mass is 10.2. The third-order valence-electron chi connectivity index (χ3n) is 4.22. The summed E-state index contributed by atoms with van der Waals surface area (Å²) in [5.41, 5.74) is 1.06. The van der Waals surface area contributed by atoms with Crippen molar-refractivity contribution in [1.82, 2.24) is 10.2 Å². The highest BCUT2D eigenvalue weighted by molar-refractivity contribution is 7.15. The molecule has 2 heterocycles. The number of rotatable bonds is 4. The third-order valence-corrected chi connectivity index (χ3v) is 5.35. The number of nitrogens with one attached hydrogen (secondary N) is 1. The first-order chi connectivity index (χ1) is 12.4. The molecule has 26 heavy (non-hydrogen) atoms. The summed E-state index contributed by atoms with van der Waals surface area (Å²) in [5, 5.41) is 2.65. The van der Waals surface area contributed by atoms with Gasteiger partial charge in [-0.25, -0.2) is 0 Å². The number of halogens is 3. The second-order valence-corrected chi connectivity index (χ2v) is 7.17. The maximum atomic E-state index is 12.6. The lowest BCUT2D eigenvalue weighted by Gasteiger charge is -2.24. The predicted molar refractivity (Wildman–Crippen MR) is 92.4 cm³/mol. The van der Waals surface area contributed by atoms with Crippen LogP contribution >= 0.6 is 11.3 Å². The van der Waals surface area contributed by atoms with Crippen molar-refractivity contribution in [3.05, 3.63) is 47.3 Å². The van der Waals surface area contributed by atoms with E-state index < -0.39 is 24.0 Å². The number of amides is 2. The predicted octanol–water partition coefficient (Wildman–Crippen LogP) is 3.58. The average molecular weight is 382 g/mol. The van der Waals surface area contributed by atoms with Crippen molar-refractivity contribution < 1.29 is 22.8 Å². The van der Waals surface area contributed by atoms with Crippen LogP contribution in [0, 0.1) is 0 Å². The van der Waals surface area contributed by atoms with Crippen LogP contribution < -0.4 is 5.32 Å². The van der Waals surface area contributed by atoms with Gasteiger partial charge in [-0.3, -0.25) is 9.59 Å². The number of carbonyl (C=O) groups excluding carboxylic acids is 2. The standard InChI is InChI=1S/C18H17F3N2O2S/c19-18(20,21)17(25)23-10-4-7-14(23)16(24)22-11-13-8-9-15(26-13)12-5-2-1-3-6-12/h1-3,5-6,8-9,14H,4,7,10-11H2,(H,22,24). The van der Waals surface area contributed by atoms with E-state index >= 15 is 0 Å². The van der Waals surface area contributed by atoms with Crippen LogP contribution in [0.25, 0.3) is 10.4 Å². The van der Waals surface area contributed by atoms with Gasteiger partial charge in [-0.1, -0.05) is 30.3 Å². The molecule has 1 aliphatic rings. The van der Waals surface area contributed by atoms with Crippen LogP contribution in [-0.2, 0) is 16.1 Å². The summed E-state index contributed by atoms with van der Waals surface area (Å²) in [5.74, 6) is -2.49. The molecule has 2 aromatic rings. The molecule has 1 saturated heterocycles. The number of thiophene rings is 1. The van der Waals surface area contributed by atoms with Crippen LogP contribution in [0.1, 0.15) is 17.7 Å². The van der Waals surface area contributed by atoms with E-state index in [0.29, 0.717) is 11.3 Å². The molecule has 0 bridgehead atoms. The van der Waals surface area contributed by atoms with Crippen molar-refractivity contribution in [2.45, 2.75) is 31.6 Å². The Bertz CT molecular complexity index is 789. The Kier molecular flexibility index (Phi) is 5.31. The van der Waals surface area contributed by atoms with Crippen LogP contribution in [0.5, 0.6) is 0 Å². The minimum Gasteiger partial charge on any atom is -0.349 e. The quantitative estimate of drug-likeness (QED) is 0.879. The molecule has 1 aliphatic heterocycles. The number of nitrogens with zero attached hydrogens (tertiary/aromatic N) is 1. The van der Waals surface area contributed by atoms with Gasteiger partial charge in [0.1, 0.15) is 6.04 Å². The Labute approximate surface area is 152 Å². The van der Waals surface area contributed by atoms with Gasteiger partial charge in [0.15, 0.2) is 0 Å². The highest BCUT2D eigenvalue weighted by atomic mass is 32.1. The molecule has 1 atom stereocenters. The lowest BCUT2D eigenvalue weighted by Crippen LogP contribution is -2.50. The summed E-state index contributed by atoms with van der Waals surface area (Å²) in [7, 11) is 0. The molecule has 0 aliphatic carbocycles. The molecule has 0 radical (unpaired) electrons. The zero-order valence-electron chi connectivity index (χ0n) is 13.8. The number of carbonyl (C=O) groups is 2. The van der Waals surface area contributed by atoms with Gasteiger partial charge in [0, 0.05) is 16.3 Å². The van der Waals surface area contributed by atoms with Crippen LogP contribution in [0.2, 0.25) is 0 Å². The summed E-state index contributed by atoms with van der Waals surface area (Å²) < 4.78 is 37.9. The Balaban J connectivity index is 1.60. The van der Waals surface area contributed by atoms with E-state index in [-0.39, 0.29) is 19.5 Å². The number of likely N-dealkylation sites (tertiary alicyclic amines) is 1. The topological polar surface area (TPSA) is 49.4 Å². The van der Waals surface area contributed by atoms with Gasteiger partial charge in [0.2, 0.25) is 5.91 Å². The van der Waals surface area contributed by atoms with Crippen LogP contribution in [-0.4, -0.2) is 35.5 Å². The largest absolute Gasteiger partial charge is 0.471 e. The number of hydrogen-bond acceptors (Lipinski definition) is 3. The molecule has 1 aromatic heterocycles. The summed E-state index contributed by atoms with van der Waals surface area (Å²) in [6, 6.07) is 12.5. The van der Waals surface area contributed by atoms with E-state index in [2.05, 4.69) is 5.32 Å². The van der Waals surface area contributed by atoms with Gasteiger partial charge in [0.25, 0.3) is 0 Å². The molecule has 3 rings (SSSR count). The fraction of sp³-hybridized carbons (Fsp3) is 0.333. The molecule has 1 N–H and O–H groups in total. The first-order valence-corrected chi connectivity index (χ1v) is 8.97. The van der Waals surface area contributed by atoms with Crippen LogP contribution in [0.15, 0.2) is 42.5 Å². The molecule has 1 aromatic carbocycles. The van der Waals surface area contributed by atoms with E-state index in [0.717, 1.165) is 15.3 Å². The van der Waals surface area contributed by atoms with Crippen molar-refractivity contribution in [3.63, 3.8) is 0 Å². The number of alkyl halides is 3. The summed E-state index contributed by atoms with van der Waals surface area (Å²) >= 11 is 1.51. The fourth-order valence-electron chi connectivity index (χ4n) is 2.97. The molecule has 138 valence electrons. The maximum absolute atomic E-state index is 12.6. The Hall–Kier alpha value is -2.35. The first-order valence-electron chi connectivity index (χ1n) is 8.16. The summed E-state index contributed by atoms with van der Waals surface area (Å²) in [6.07, 6.45) is -4.33. The zero-order valence-corrected chi connectivity index (χ0v) is 14.6. The van der Waals surface area contributed by atoms with E-state index in [1.807, 2.05) is 42.5 Å². The molecular weight excluding hydrogens is 365 g/mol. The summed E-state index contributed by atoms with van der Waals surface area (Å²) in [6.45, 7) is 0.175. The zero-order chi connectivity index (χ0) is 18.7. The molecule has 1 unspecified atom stereocenters. The second kappa shape index (κ2) is 7.49. The minimum atomic E-state index is -4.96. The fourth-order valence-corrected chi connectivity index (χ4v) is 3.92. The highest BCUT2D eigenvalue weighted by Gasteiger charge is 2.47. The summed E-state index contributed by atoms with van der Waals surface area (Å²) in [4.78, 5) is 26.3. The molecule has 1 fully saturated rings. The maximum Gasteiger partial charge on any atom is 0.471 e. The van der Waals surface area contributed by atoms with Crippen molar-refractivity contribution in [3.8, 4) is 10.4 Å². The molecule has 8 heteroatoms. The Morgan fingerprint density at radius 1 is 1.15 bits per heavy atom. The Morgan fingerprint density at radius 2 is 1.88 bits per heavy atom. The van der Waals surface area contributed by atoms with Gasteiger partial charge >= 0.3 is 12.1 Å². The average Bonchev–Trinajstić information content (AvgIpc) is 3.28. The second-order valence-electron chi connectivity index (χ2n) is 6.00. The van der Waals surface area contributed by atoms with Gasteiger partial charge in [-0.2, -0.15) is 13.2 Å². The SMILES string of the molecule is O=C(NCc1ccc(-c2ccccc2)s1)C1CCCN1C(=O)C(F)(F)F. The highest BCUT2D eigenvalue weighted by Crippen LogP contribution is 2.28. The van der Waals surface area contributed by atoms with E-state index in [1.165, 1.54) is 11.3 Å². The molecule has 0 spiro atoms. The smallest absolute Gasteiger partial charge is 0.349 e. The molecule has 2 amide bonds. The minimum absolute atomic E-state index is 0.0480. The van der Waals surface area contributed by atoms with Gasteiger partial charge in [-0.15, -0.1) is 11.3 Å². The molecule has 4 nitrogen and oxygen atoms in total. The molecule has 0 saturated carbocycles. The van der Waals surface area contributed by atoms with Crippen LogP contribution in [0.3, 0.4) is 0 Å². The van der Waals surface area contributed by atoms with Crippen molar-refractivity contribution in [1.29, 1.82) is 0 Å². The number of benzene rings is 1. The monoisotopic (exact) mass is 382 g/mol. The van der Waals surface area contributed by atoms with Gasteiger partial charge < -0.3 is 10.2 Å². The molecular formula is C18H17F3N2O2S. The normalized spacial score (nSPS) is 17.3. The van der Waals surface area contributed by atoms with Crippen molar-refractivity contribution >= 4 is 23.2 Å². The van der Waals surface area contributed by atoms with Crippen molar-refractivity contribution in [2.75, 3.05) is 6.54 Å². The van der Waals surface area contributed by atoms with E-state index in [1.54, 1.807) is 0 Å². The lowest BCUT2D eigenvalue weighted by molar-refractivity contribution is -0.186.